The second kappa shape index (κ2) is 9.13. The molecule has 34 heavy (non-hydrogen) atoms. The van der Waals surface area contributed by atoms with Gasteiger partial charge in [0, 0.05) is 26.2 Å². The van der Waals surface area contributed by atoms with E-state index in [0.717, 1.165) is 5.56 Å². The van der Waals surface area contributed by atoms with E-state index in [2.05, 4.69) is 5.32 Å². The zero-order valence-electron chi connectivity index (χ0n) is 20.1. The Morgan fingerprint density at radius 2 is 1.68 bits per heavy atom. The van der Waals surface area contributed by atoms with Crippen LogP contribution in [0.4, 0.5) is 11.4 Å². The van der Waals surface area contributed by atoms with Gasteiger partial charge >= 0.3 is 0 Å². The van der Waals surface area contributed by atoms with Crippen molar-refractivity contribution in [3.8, 4) is 0 Å². The zero-order chi connectivity index (χ0) is 24.7. The summed E-state index contributed by atoms with van der Waals surface area (Å²) in [5.41, 5.74) is 1.23. The summed E-state index contributed by atoms with van der Waals surface area (Å²) >= 11 is 0. The predicted octanol–water partition coefficient (Wildman–Crippen LogP) is 2.84. The molecular weight excluding hydrogens is 452 g/mol. The van der Waals surface area contributed by atoms with Gasteiger partial charge in [-0.05, 0) is 58.4 Å². The van der Waals surface area contributed by atoms with Gasteiger partial charge < -0.3 is 5.32 Å². The molecule has 0 bridgehead atoms. The number of hydrogen-bond acceptors (Lipinski definition) is 5. The van der Waals surface area contributed by atoms with Gasteiger partial charge in [-0.3, -0.25) is 19.4 Å². The van der Waals surface area contributed by atoms with Gasteiger partial charge in [0.05, 0.1) is 22.3 Å². The third-order valence-corrected chi connectivity index (χ3v) is 8.69. The van der Waals surface area contributed by atoms with Crippen LogP contribution < -0.4 is 10.2 Å². The number of nitrogens with zero attached hydrogens (tertiary/aromatic N) is 3. The summed E-state index contributed by atoms with van der Waals surface area (Å²) in [6, 6.07) is 13.6. The van der Waals surface area contributed by atoms with E-state index in [4.69, 9.17) is 0 Å². The van der Waals surface area contributed by atoms with Crippen molar-refractivity contribution in [3.05, 3.63) is 54.1 Å². The van der Waals surface area contributed by atoms with Gasteiger partial charge in [0.1, 0.15) is 5.54 Å². The van der Waals surface area contributed by atoms with E-state index >= 15 is 0 Å². The maximum absolute atomic E-state index is 13.7. The van der Waals surface area contributed by atoms with Crippen molar-refractivity contribution in [2.45, 2.75) is 50.6 Å². The average molecular weight is 485 g/mol. The summed E-state index contributed by atoms with van der Waals surface area (Å²) in [6.07, 6.45) is 0.614. The number of benzene rings is 2. The lowest BCUT2D eigenvalue weighted by atomic mass is 9.95. The summed E-state index contributed by atoms with van der Waals surface area (Å²) in [6.45, 7) is 8.95. The highest BCUT2D eigenvalue weighted by Gasteiger charge is 2.45. The van der Waals surface area contributed by atoms with Crippen LogP contribution in [0.1, 0.15) is 32.8 Å². The molecule has 1 fully saturated rings. The number of carbonyl (C=O) groups is 2. The van der Waals surface area contributed by atoms with Crippen molar-refractivity contribution in [1.82, 2.24) is 9.21 Å². The van der Waals surface area contributed by atoms with E-state index in [1.54, 1.807) is 49.1 Å². The van der Waals surface area contributed by atoms with Crippen LogP contribution in [0, 0.1) is 6.92 Å². The Bertz CT molecular complexity index is 1190. The minimum Gasteiger partial charge on any atom is -0.322 e. The molecule has 8 nitrogen and oxygen atoms in total. The van der Waals surface area contributed by atoms with Crippen LogP contribution >= 0.6 is 0 Å². The molecule has 1 saturated heterocycles. The van der Waals surface area contributed by atoms with Crippen LogP contribution in [0.2, 0.25) is 0 Å². The quantitative estimate of drug-likeness (QED) is 0.721. The number of rotatable bonds is 4. The molecule has 2 aromatic carbocycles. The standard InChI is InChI=1S/C25H32N4O4S/c1-18-10-12-20(13-11-18)34(32,33)28-15-7-14-27(16-17-28)19(2)23(30)29-22-9-6-5-8-21(22)26-24(31)25(29,3)4/h5-6,8-13,19H,7,14-17H2,1-4H3,(H,26,31)/t19-/m0/s1. The van der Waals surface area contributed by atoms with Gasteiger partial charge in [0.15, 0.2) is 0 Å². The largest absolute Gasteiger partial charge is 0.322 e. The fourth-order valence-electron chi connectivity index (χ4n) is 4.59. The minimum absolute atomic E-state index is 0.179. The molecule has 0 aliphatic carbocycles. The Labute approximate surface area is 201 Å². The number of anilines is 2. The zero-order valence-corrected chi connectivity index (χ0v) is 20.9. The number of para-hydroxylation sites is 2. The van der Waals surface area contributed by atoms with E-state index in [1.165, 1.54) is 4.31 Å². The second-order valence-corrected chi connectivity index (χ2v) is 11.4. The summed E-state index contributed by atoms with van der Waals surface area (Å²) in [7, 11) is -3.60. The van der Waals surface area contributed by atoms with Gasteiger partial charge in [-0.1, -0.05) is 29.8 Å². The van der Waals surface area contributed by atoms with Crippen LogP contribution in [-0.2, 0) is 19.6 Å². The van der Waals surface area contributed by atoms with Crippen LogP contribution in [-0.4, -0.2) is 67.2 Å². The summed E-state index contributed by atoms with van der Waals surface area (Å²) in [5, 5.41) is 2.89. The van der Waals surface area contributed by atoms with Gasteiger partial charge in [0.25, 0.3) is 0 Å². The molecule has 4 rings (SSSR count). The molecule has 182 valence electrons. The van der Waals surface area contributed by atoms with Crippen molar-refractivity contribution in [2.24, 2.45) is 0 Å². The molecule has 2 aliphatic rings. The summed E-state index contributed by atoms with van der Waals surface area (Å²) < 4.78 is 27.8. The molecule has 0 radical (unpaired) electrons. The fourth-order valence-corrected chi connectivity index (χ4v) is 6.06. The number of fused-ring (bicyclic) bond motifs is 1. The monoisotopic (exact) mass is 484 g/mol. The Morgan fingerprint density at radius 1 is 1.00 bits per heavy atom. The first-order valence-corrected chi connectivity index (χ1v) is 13.0. The molecule has 1 N–H and O–H groups in total. The van der Waals surface area contributed by atoms with E-state index in [0.29, 0.717) is 44.0 Å². The maximum Gasteiger partial charge on any atom is 0.250 e. The molecular formula is C25H32N4O4S. The lowest BCUT2D eigenvalue weighted by Crippen LogP contribution is -2.62. The van der Waals surface area contributed by atoms with Crippen LogP contribution in [0.25, 0.3) is 0 Å². The lowest BCUT2D eigenvalue weighted by Gasteiger charge is -2.44. The first kappa shape index (κ1) is 24.4. The number of aryl methyl sites for hydroxylation is 1. The smallest absolute Gasteiger partial charge is 0.250 e. The maximum atomic E-state index is 13.7. The Morgan fingerprint density at radius 3 is 2.38 bits per heavy atom. The molecule has 2 aliphatic heterocycles. The van der Waals surface area contributed by atoms with Crippen LogP contribution in [0.5, 0.6) is 0 Å². The molecule has 2 aromatic rings. The second-order valence-electron chi connectivity index (χ2n) is 9.49. The van der Waals surface area contributed by atoms with Crippen LogP contribution in [0.3, 0.4) is 0 Å². The van der Waals surface area contributed by atoms with Gasteiger partial charge in [-0.15, -0.1) is 0 Å². The van der Waals surface area contributed by atoms with Crippen molar-refractivity contribution in [1.29, 1.82) is 0 Å². The first-order chi connectivity index (χ1) is 16.0. The number of nitrogens with one attached hydrogen (secondary N) is 1. The number of sulfonamides is 1. The molecule has 9 heteroatoms. The predicted molar refractivity (Wildman–Crippen MR) is 132 cm³/mol. The molecule has 2 heterocycles. The molecule has 1 atom stereocenters. The first-order valence-electron chi connectivity index (χ1n) is 11.6. The lowest BCUT2D eigenvalue weighted by molar-refractivity contribution is -0.129. The van der Waals surface area contributed by atoms with Crippen molar-refractivity contribution in [3.63, 3.8) is 0 Å². The van der Waals surface area contributed by atoms with E-state index in [9.17, 15) is 18.0 Å². The van der Waals surface area contributed by atoms with E-state index < -0.39 is 21.6 Å². The van der Waals surface area contributed by atoms with Crippen molar-refractivity contribution >= 4 is 33.2 Å². The van der Waals surface area contributed by atoms with Gasteiger partial charge in [-0.2, -0.15) is 4.31 Å². The van der Waals surface area contributed by atoms with Gasteiger partial charge in [-0.25, -0.2) is 8.42 Å². The van der Waals surface area contributed by atoms with E-state index in [1.807, 2.05) is 36.9 Å². The Balaban J connectivity index is 1.53. The highest BCUT2D eigenvalue weighted by atomic mass is 32.2. The molecule has 0 spiro atoms. The van der Waals surface area contributed by atoms with E-state index in [-0.39, 0.29) is 16.7 Å². The third-order valence-electron chi connectivity index (χ3n) is 6.78. The molecule has 0 aromatic heterocycles. The van der Waals surface area contributed by atoms with Crippen LogP contribution in [0.15, 0.2) is 53.4 Å². The topological polar surface area (TPSA) is 90.0 Å². The number of carbonyl (C=O) groups excluding carboxylic acids is 2. The van der Waals surface area contributed by atoms with Gasteiger partial charge in [0.2, 0.25) is 21.8 Å². The molecule has 2 amide bonds. The Hall–Kier alpha value is -2.75. The summed E-state index contributed by atoms with van der Waals surface area (Å²) in [4.78, 5) is 30.4. The number of amides is 2. The fraction of sp³-hybridized carbons (Fsp3) is 0.440. The highest BCUT2D eigenvalue weighted by molar-refractivity contribution is 7.89. The summed E-state index contributed by atoms with van der Waals surface area (Å²) in [5.74, 6) is -0.417. The minimum atomic E-state index is -3.60. The molecule has 0 unspecified atom stereocenters. The highest BCUT2D eigenvalue weighted by Crippen LogP contribution is 2.37. The number of hydrogen-bond donors (Lipinski definition) is 1. The third kappa shape index (κ3) is 4.35. The normalized spacial score (nSPS) is 20.2. The SMILES string of the molecule is Cc1ccc(S(=O)(=O)N2CCCN([C@@H](C)C(=O)N3c4ccccc4NC(=O)C3(C)C)CC2)cc1. The molecule has 0 saturated carbocycles. The average Bonchev–Trinajstić information content (AvgIpc) is 3.06. The van der Waals surface area contributed by atoms with Crippen molar-refractivity contribution < 1.29 is 18.0 Å². The van der Waals surface area contributed by atoms with Crippen molar-refractivity contribution in [2.75, 3.05) is 36.4 Å². The Kier molecular flexibility index (Phi) is 6.54.